The van der Waals surface area contributed by atoms with E-state index in [1.54, 1.807) is 4.90 Å². The Morgan fingerprint density at radius 1 is 1.23 bits per heavy atom. The van der Waals surface area contributed by atoms with Gasteiger partial charge in [-0.05, 0) is 25.5 Å². The van der Waals surface area contributed by atoms with Gasteiger partial charge in [0.05, 0.1) is 6.54 Å². The van der Waals surface area contributed by atoms with Crippen molar-refractivity contribution in [2.45, 2.75) is 26.9 Å². The number of aryl methyl sites for hydroxylation is 2. The van der Waals surface area contributed by atoms with Crippen LogP contribution >= 0.6 is 0 Å². The van der Waals surface area contributed by atoms with Crippen LogP contribution in [0.25, 0.3) is 11.0 Å². The van der Waals surface area contributed by atoms with Crippen LogP contribution in [0.1, 0.15) is 27.8 Å². The normalized spacial score (nSPS) is 14.4. The van der Waals surface area contributed by atoms with Crippen LogP contribution in [0.2, 0.25) is 0 Å². The second-order valence-corrected chi connectivity index (χ2v) is 5.65. The molecular weight excluding hydrogens is 280 g/mol. The first-order chi connectivity index (χ1) is 10.6. The highest BCUT2D eigenvalue weighted by atomic mass is 16.3. The van der Waals surface area contributed by atoms with Crippen LogP contribution in [0.3, 0.4) is 0 Å². The lowest BCUT2D eigenvalue weighted by Crippen LogP contribution is -2.38. The Morgan fingerprint density at radius 3 is 2.91 bits per heavy atom. The van der Waals surface area contributed by atoms with Crippen LogP contribution in [0, 0.1) is 13.8 Å². The monoisotopic (exact) mass is 296 g/mol. The van der Waals surface area contributed by atoms with Crippen molar-refractivity contribution >= 4 is 16.9 Å². The summed E-state index contributed by atoms with van der Waals surface area (Å²) in [4.78, 5) is 14.4. The summed E-state index contributed by atoms with van der Waals surface area (Å²) in [5.41, 5.74) is 1.81. The van der Waals surface area contributed by atoms with Gasteiger partial charge in [0.2, 0.25) is 0 Å². The predicted molar refractivity (Wildman–Crippen MR) is 80.5 cm³/mol. The zero-order valence-corrected chi connectivity index (χ0v) is 12.5. The zero-order valence-electron chi connectivity index (χ0n) is 12.5. The van der Waals surface area contributed by atoms with E-state index in [-0.39, 0.29) is 5.91 Å². The van der Waals surface area contributed by atoms with Crippen molar-refractivity contribution in [3.8, 4) is 0 Å². The summed E-state index contributed by atoms with van der Waals surface area (Å²) < 4.78 is 7.82. The van der Waals surface area contributed by atoms with Crippen LogP contribution in [0.5, 0.6) is 0 Å². The third-order valence-corrected chi connectivity index (χ3v) is 4.18. The zero-order chi connectivity index (χ0) is 15.3. The summed E-state index contributed by atoms with van der Waals surface area (Å²) in [6.07, 6.45) is 0. The molecule has 0 atom stereocenters. The van der Waals surface area contributed by atoms with Crippen LogP contribution in [0.4, 0.5) is 0 Å². The number of carbonyl (C=O) groups excluding carboxylic acids is 1. The summed E-state index contributed by atoms with van der Waals surface area (Å²) in [7, 11) is 0. The van der Waals surface area contributed by atoms with E-state index in [2.05, 4.69) is 10.2 Å². The first-order valence-corrected chi connectivity index (χ1v) is 7.30. The molecule has 2 aromatic heterocycles. The van der Waals surface area contributed by atoms with Gasteiger partial charge >= 0.3 is 0 Å². The molecule has 4 rings (SSSR count). The van der Waals surface area contributed by atoms with Gasteiger partial charge in [-0.3, -0.25) is 4.79 Å². The highest BCUT2D eigenvalue weighted by Crippen LogP contribution is 2.24. The molecule has 1 aliphatic rings. The minimum Gasteiger partial charge on any atom is -0.451 e. The summed E-state index contributed by atoms with van der Waals surface area (Å²) >= 11 is 0. The van der Waals surface area contributed by atoms with Crippen LogP contribution in [0.15, 0.2) is 28.7 Å². The van der Waals surface area contributed by atoms with Gasteiger partial charge in [0, 0.05) is 18.5 Å². The molecule has 0 aliphatic carbocycles. The van der Waals surface area contributed by atoms with E-state index in [0.717, 1.165) is 34.7 Å². The van der Waals surface area contributed by atoms with Gasteiger partial charge in [0.15, 0.2) is 11.6 Å². The second kappa shape index (κ2) is 4.69. The van der Waals surface area contributed by atoms with Crippen LogP contribution < -0.4 is 0 Å². The molecule has 1 aliphatic heterocycles. The minimum atomic E-state index is -0.0949. The number of hydrogen-bond donors (Lipinski definition) is 0. The fourth-order valence-electron chi connectivity index (χ4n) is 2.95. The number of hydrogen-bond acceptors (Lipinski definition) is 4. The molecule has 1 aromatic carbocycles. The molecule has 6 heteroatoms. The van der Waals surface area contributed by atoms with E-state index in [1.807, 2.05) is 42.7 Å². The lowest BCUT2D eigenvalue weighted by molar-refractivity contribution is 0.0676. The van der Waals surface area contributed by atoms with E-state index < -0.39 is 0 Å². The number of nitrogens with zero attached hydrogens (tertiary/aromatic N) is 4. The molecule has 6 nitrogen and oxygen atoms in total. The van der Waals surface area contributed by atoms with Gasteiger partial charge in [-0.25, -0.2) is 0 Å². The molecule has 0 unspecified atom stereocenters. The SMILES string of the molecule is Cc1cccc2cc(C(=O)N3CCn4c(C)nnc4C3)oc12. The topological polar surface area (TPSA) is 64.2 Å². The molecule has 0 bridgehead atoms. The highest BCUT2D eigenvalue weighted by molar-refractivity contribution is 5.96. The van der Waals surface area contributed by atoms with Crippen molar-refractivity contribution in [1.29, 1.82) is 0 Å². The summed E-state index contributed by atoms with van der Waals surface area (Å²) in [6, 6.07) is 7.72. The standard InChI is InChI=1S/C16H16N4O2/c1-10-4-3-5-12-8-13(22-15(10)12)16(21)19-6-7-20-11(2)17-18-14(20)9-19/h3-5,8H,6-7,9H2,1-2H3. The highest BCUT2D eigenvalue weighted by Gasteiger charge is 2.26. The molecule has 1 amide bonds. The molecule has 0 saturated heterocycles. The molecule has 3 heterocycles. The number of carbonyl (C=O) groups is 1. The number of benzene rings is 1. The van der Waals surface area contributed by atoms with Gasteiger partial charge in [-0.2, -0.15) is 0 Å². The molecular formula is C16H16N4O2. The molecule has 22 heavy (non-hydrogen) atoms. The Morgan fingerprint density at radius 2 is 2.09 bits per heavy atom. The average Bonchev–Trinajstić information content (AvgIpc) is 3.11. The van der Waals surface area contributed by atoms with E-state index in [1.165, 1.54) is 0 Å². The Labute approximate surface area is 127 Å². The van der Waals surface area contributed by atoms with Crippen molar-refractivity contribution in [3.05, 3.63) is 47.2 Å². The summed E-state index contributed by atoms with van der Waals surface area (Å²) in [5, 5.41) is 9.15. The van der Waals surface area contributed by atoms with Crippen LogP contribution in [-0.2, 0) is 13.1 Å². The third-order valence-electron chi connectivity index (χ3n) is 4.18. The molecule has 112 valence electrons. The molecule has 3 aromatic rings. The maximum absolute atomic E-state index is 12.7. The van der Waals surface area contributed by atoms with E-state index in [9.17, 15) is 4.79 Å². The van der Waals surface area contributed by atoms with Gasteiger partial charge < -0.3 is 13.9 Å². The number of amides is 1. The molecule has 0 fully saturated rings. The number of furan rings is 1. The predicted octanol–water partition coefficient (Wildman–Crippen LogP) is 2.30. The number of para-hydroxylation sites is 1. The van der Waals surface area contributed by atoms with Gasteiger partial charge in [0.1, 0.15) is 11.4 Å². The largest absolute Gasteiger partial charge is 0.451 e. The summed E-state index contributed by atoms with van der Waals surface area (Å²) in [6.45, 7) is 5.73. The molecule has 0 saturated carbocycles. The minimum absolute atomic E-state index is 0.0949. The Bertz CT molecular complexity index is 878. The summed E-state index contributed by atoms with van der Waals surface area (Å²) in [5.74, 6) is 2.00. The number of rotatable bonds is 1. The fourth-order valence-corrected chi connectivity index (χ4v) is 2.95. The number of fused-ring (bicyclic) bond motifs is 2. The molecule has 0 radical (unpaired) electrons. The van der Waals surface area contributed by atoms with Gasteiger partial charge in [-0.15, -0.1) is 10.2 Å². The van der Waals surface area contributed by atoms with E-state index >= 15 is 0 Å². The van der Waals surface area contributed by atoms with Crippen molar-refractivity contribution in [2.24, 2.45) is 0 Å². The fraction of sp³-hybridized carbons (Fsp3) is 0.312. The van der Waals surface area contributed by atoms with Gasteiger partial charge in [0.25, 0.3) is 5.91 Å². The Kier molecular flexibility index (Phi) is 2.79. The lowest BCUT2D eigenvalue weighted by Gasteiger charge is -2.26. The Hall–Kier alpha value is -2.63. The maximum Gasteiger partial charge on any atom is 0.290 e. The quantitative estimate of drug-likeness (QED) is 0.691. The van der Waals surface area contributed by atoms with Crippen molar-refractivity contribution in [3.63, 3.8) is 0 Å². The van der Waals surface area contributed by atoms with Crippen LogP contribution in [-0.4, -0.2) is 32.1 Å². The maximum atomic E-state index is 12.7. The first kappa shape index (κ1) is 13.1. The van der Waals surface area contributed by atoms with Crippen molar-refractivity contribution in [2.75, 3.05) is 6.54 Å². The van der Waals surface area contributed by atoms with E-state index in [4.69, 9.17) is 4.42 Å². The lowest BCUT2D eigenvalue weighted by atomic mass is 10.2. The smallest absolute Gasteiger partial charge is 0.290 e. The van der Waals surface area contributed by atoms with E-state index in [0.29, 0.717) is 18.8 Å². The van der Waals surface area contributed by atoms with Crippen molar-refractivity contribution in [1.82, 2.24) is 19.7 Å². The first-order valence-electron chi connectivity index (χ1n) is 7.30. The van der Waals surface area contributed by atoms with Crippen molar-refractivity contribution < 1.29 is 9.21 Å². The molecule has 0 N–H and O–H groups in total. The third kappa shape index (κ3) is 1.91. The second-order valence-electron chi connectivity index (χ2n) is 5.65. The average molecular weight is 296 g/mol. The van der Waals surface area contributed by atoms with Gasteiger partial charge in [-0.1, -0.05) is 18.2 Å². The Balaban J connectivity index is 1.65. The molecule has 0 spiro atoms. The number of aromatic nitrogens is 3.